The third-order valence-corrected chi connectivity index (χ3v) is 2.33. The van der Waals surface area contributed by atoms with Gasteiger partial charge in [0.05, 0.1) is 0 Å². The van der Waals surface area contributed by atoms with Crippen LogP contribution in [0.15, 0.2) is 24.3 Å². The fraction of sp³-hybridized carbons (Fsp3) is 0.462. The molecule has 4 nitrogen and oxygen atoms in total. The van der Waals surface area contributed by atoms with Crippen LogP contribution < -0.4 is 16.4 Å². The maximum absolute atomic E-state index is 11.7. The first-order valence-corrected chi connectivity index (χ1v) is 5.90. The Morgan fingerprint density at radius 3 is 2.29 bits per heavy atom. The normalized spacial score (nSPS) is 12.3. The smallest absolute Gasteiger partial charge is 0.251 e. The molecule has 0 aromatic heterocycles. The van der Waals surface area contributed by atoms with Crippen LogP contribution in [0.5, 0.6) is 0 Å². The monoisotopic (exact) mass is 235 g/mol. The van der Waals surface area contributed by atoms with Crippen molar-refractivity contribution in [1.29, 1.82) is 0 Å². The lowest BCUT2D eigenvalue weighted by molar-refractivity contribution is 0.0943. The number of carbonyl (C=O) groups excluding carboxylic acids is 1. The molecule has 0 saturated carbocycles. The summed E-state index contributed by atoms with van der Waals surface area (Å²) in [6.45, 7) is 6.47. The summed E-state index contributed by atoms with van der Waals surface area (Å²) in [5.41, 5.74) is 7.17. The topological polar surface area (TPSA) is 67.2 Å². The van der Waals surface area contributed by atoms with Crippen molar-refractivity contribution in [3.63, 3.8) is 0 Å². The van der Waals surface area contributed by atoms with Crippen LogP contribution in [-0.4, -0.2) is 24.5 Å². The van der Waals surface area contributed by atoms with Gasteiger partial charge in [-0.05, 0) is 45.0 Å². The highest BCUT2D eigenvalue weighted by Gasteiger charge is 2.06. The molecule has 0 fully saturated rings. The van der Waals surface area contributed by atoms with E-state index in [2.05, 4.69) is 10.6 Å². The highest BCUT2D eigenvalue weighted by Crippen LogP contribution is 2.10. The number of benzene rings is 1. The number of hydrogen-bond donors (Lipinski definition) is 3. The van der Waals surface area contributed by atoms with Crippen LogP contribution in [0, 0.1) is 0 Å². The minimum Gasteiger partial charge on any atom is -0.381 e. The standard InChI is InChI=1S/C13H21N3O/c1-9(2)15-13(17)11-4-6-12(7-5-11)16-10(3)8-14/h4-7,9-10,16H,8,14H2,1-3H3,(H,15,17). The predicted molar refractivity (Wildman–Crippen MR) is 71.2 cm³/mol. The van der Waals surface area contributed by atoms with Crippen LogP contribution in [0.25, 0.3) is 0 Å². The second kappa shape index (κ2) is 6.25. The molecule has 0 aliphatic rings. The van der Waals surface area contributed by atoms with Gasteiger partial charge in [0.25, 0.3) is 5.91 Å². The summed E-state index contributed by atoms with van der Waals surface area (Å²) < 4.78 is 0. The molecule has 1 rings (SSSR count). The largest absolute Gasteiger partial charge is 0.381 e. The molecule has 1 unspecified atom stereocenters. The Kier molecular flexibility index (Phi) is 4.97. The van der Waals surface area contributed by atoms with E-state index in [4.69, 9.17) is 5.73 Å². The number of anilines is 1. The van der Waals surface area contributed by atoms with Gasteiger partial charge in [-0.2, -0.15) is 0 Å². The van der Waals surface area contributed by atoms with Crippen molar-refractivity contribution in [2.75, 3.05) is 11.9 Å². The first-order chi connectivity index (χ1) is 8.02. The first kappa shape index (κ1) is 13.5. The quantitative estimate of drug-likeness (QED) is 0.726. The van der Waals surface area contributed by atoms with Gasteiger partial charge in [0, 0.05) is 29.9 Å². The van der Waals surface area contributed by atoms with Crippen LogP contribution in [-0.2, 0) is 0 Å². The summed E-state index contributed by atoms with van der Waals surface area (Å²) in [6, 6.07) is 7.78. The van der Waals surface area contributed by atoms with E-state index >= 15 is 0 Å². The van der Waals surface area contributed by atoms with Crippen LogP contribution in [0.1, 0.15) is 31.1 Å². The number of carbonyl (C=O) groups is 1. The van der Waals surface area contributed by atoms with Gasteiger partial charge in [-0.25, -0.2) is 0 Å². The van der Waals surface area contributed by atoms with Crippen LogP contribution in [0.2, 0.25) is 0 Å². The van der Waals surface area contributed by atoms with Gasteiger partial charge in [-0.15, -0.1) is 0 Å². The summed E-state index contributed by atoms with van der Waals surface area (Å²) >= 11 is 0. The Balaban J connectivity index is 2.64. The minimum atomic E-state index is -0.0431. The van der Waals surface area contributed by atoms with E-state index in [-0.39, 0.29) is 18.0 Å². The van der Waals surface area contributed by atoms with E-state index in [1.165, 1.54) is 0 Å². The number of nitrogens with two attached hydrogens (primary N) is 1. The van der Waals surface area contributed by atoms with Crippen molar-refractivity contribution in [2.45, 2.75) is 32.9 Å². The summed E-state index contributed by atoms with van der Waals surface area (Å²) in [5.74, 6) is -0.0431. The summed E-state index contributed by atoms with van der Waals surface area (Å²) in [7, 11) is 0. The molecule has 0 aliphatic heterocycles. The van der Waals surface area contributed by atoms with Crippen molar-refractivity contribution in [2.24, 2.45) is 5.73 Å². The van der Waals surface area contributed by atoms with Crippen molar-refractivity contribution in [3.8, 4) is 0 Å². The lowest BCUT2D eigenvalue weighted by Crippen LogP contribution is -2.30. The zero-order chi connectivity index (χ0) is 12.8. The maximum atomic E-state index is 11.7. The first-order valence-electron chi connectivity index (χ1n) is 5.90. The van der Waals surface area contributed by atoms with Gasteiger partial charge in [0.2, 0.25) is 0 Å². The van der Waals surface area contributed by atoms with Gasteiger partial charge < -0.3 is 16.4 Å². The molecule has 0 aliphatic carbocycles. The second-order valence-corrected chi connectivity index (χ2v) is 4.49. The third-order valence-electron chi connectivity index (χ3n) is 2.33. The fourth-order valence-corrected chi connectivity index (χ4v) is 1.41. The minimum absolute atomic E-state index is 0.0431. The van der Waals surface area contributed by atoms with Crippen LogP contribution in [0.4, 0.5) is 5.69 Å². The number of rotatable bonds is 5. The summed E-state index contributed by atoms with van der Waals surface area (Å²) in [5, 5.41) is 6.09. The van der Waals surface area contributed by atoms with E-state index in [1.54, 1.807) is 0 Å². The van der Waals surface area contributed by atoms with Crippen molar-refractivity contribution in [3.05, 3.63) is 29.8 Å². The molecule has 0 spiro atoms. The van der Waals surface area contributed by atoms with E-state index in [1.807, 2.05) is 45.0 Å². The maximum Gasteiger partial charge on any atom is 0.251 e. The molecular weight excluding hydrogens is 214 g/mol. The van der Waals surface area contributed by atoms with E-state index < -0.39 is 0 Å². The van der Waals surface area contributed by atoms with Gasteiger partial charge >= 0.3 is 0 Å². The number of hydrogen-bond acceptors (Lipinski definition) is 3. The molecule has 1 atom stereocenters. The Hall–Kier alpha value is -1.55. The van der Waals surface area contributed by atoms with Crippen LogP contribution >= 0.6 is 0 Å². The fourth-order valence-electron chi connectivity index (χ4n) is 1.41. The highest BCUT2D eigenvalue weighted by atomic mass is 16.1. The van der Waals surface area contributed by atoms with Gasteiger partial charge in [-0.1, -0.05) is 0 Å². The van der Waals surface area contributed by atoms with Crippen molar-refractivity contribution >= 4 is 11.6 Å². The molecule has 0 radical (unpaired) electrons. The summed E-state index contributed by atoms with van der Waals surface area (Å²) in [4.78, 5) is 11.7. The number of amides is 1. The Morgan fingerprint density at radius 2 is 1.82 bits per heavy atom. The molecule has 4 heteroatoms. The molecule has 94 valence electrons. The Morgan fingerprint density at radius 1 is 1.24 bits per heavy atom. The molecule has 0 heterocycles. The van der Waals surface area contributed by atoms with Crippen LogP contribution in [0.3, 0.4) is 0 Å². The van der Waals surface area contributed by atoms with E-state index in [0.717, 1.165) is 5.69 Å². The molecule has 1 amide bonds. The lowest BCUT2D eigenvalue weighted by Gasteiger charge is -2.13. The molecule has 0 bridgehead atoms. The molecule has 4 N–H and O–H groups in total. The van der Waals surface area contributed by atoms with E-state index in [0.29, 0.717) is 12.1 Å². The Labute approximate surface area is 103 Å². The molecule has 1 aromatic rings. The predicted octanol–water partition coefficient (Wildman–Crippen LogP) is 1.58. The molecule has 17 heavy (non-hydrogen) atoms. The average Bonchev–Trinajstić information content (AvgIpc) is 2.28. The molecule has 0 saturated heterocycles. The highest BCUT2D eigenvalue weighted by molar-refractivity contribution is 5.94. The second-order valence-electron chi connectivity index (χ2n) is 4.49. The zero-order valence-corrected chi connectivity index (χ0v) is 10.7. The molecule has 1 aromatic carbocycles. The van der Waals surface area contributed by atoms with Gasteiger partial charge in [-0.3, -0.25) is 4.79 Å². The molecular formula is C13H21N3O. The van der Waals surface area contributed by atoms with Crippen molar-refractivity contribution in [1.82, 2.24) is 5.32 Å². The third kappa shape index (κ3) is 4.44. The zero-order valence-electron chi connectivity index (χ0n) is 10.7. The number of nitrogens with one attached hydrogen (secondary N) is 2. The van der Waals surface area contributed by atoms with E-state index in [9.17, 15) is 4.79 Å². The summed E-state index contributed by atoms with van der Waals surface area (Å²) in [6.07, 6.45) is 0. The van der Waals surface area contributed by atoms with Gasteiger partial charge in [0.1, 0.15) is 0 Å². The SMILES string of the molecule is CC(C)NC(=O)c1ccc(NC(C)CN)cc1. The average molecular weight is 235 g/mol. The van der Waals surface area contributed by atoms with Gasteiger partial charge in [0.15, 0.2) is 0 Å². The lowest BCUT2D eigenvalue weighted by atomic mass is 10.1. The Bertz CT molecular complexity index is 359. The van der Waals surface area contributed by atoms with Crippen molar-refractivity contribution < 1.29 is 4.79 Å².